The number of amides is 1. The van der Waals surface area contributed by atoms with Crippen LogP contribution in [0.15, 0.2) is 11.1 Å². The lowest BCUT2D eigenvalue weighted by Crippen LogP contribution is -2.45. The van der Waals surface area contributed by atoms with E-state index in [2.05, 4.69) is 15.2 Å². The number of hydrogen-bond donors (Lipinski definition) is 1. The van der Waals surface area contributed by atoms with Crippen molar-refractivity contribution < 1.29 is 4.79 Å². The van der Waals surface area contributed by atoms with Gasteiger partial charge in [0.15, 0.2) is 0 Å². The number of rotatable bonds is 3. The van der Waals surface area contributed by atoms with E-state index in [1.807, 2.05) is 13.8 Å². The summed E-state index contributed by atoms with van der Waals surface area (Å²) >= 11 is 0. The maximum absolute atomic E-state index is 12.2. The van der Waals surface area contributed by atoms with Crippen LogP contribution in [0.1, 0.15) is 30.5 Å². The fourth-order valence-electron chi connectivity index (χ4n) is 3.46. The van der Waals surface area contributed by atoms with Gasteiger partial charge in [-0.1, -0.05) is 0 Å². The number of nitrogens with one attached hydrogen (secondary N) is 1. The highest BCUT2D eigenvalue weighted by atomic mass is 16.2. The molecule has 0 aromatic carbocycles. The van der Waals surface area contributed by atoms with Crippen molar-refractivity contribution in [1.29, 1.82) is 0 Å². The normalized spacial score (nSPS) is 23.7. The summed E-state index contributed by atoms with van der Waals surface area (Å²) in [5.41, 5.74) is 1.62. The van der Waals surface area contributed by atoms with Gasteiger partial charge < -0.3 is 5.32 Å². The van der Waals surface area contributed by atoms with E-state index in [9.17, 15) is 9.59 Å². The first kappa shape index (κ1) is 15.2. The molecule has 0 aliphatic carbocycles. The van der Waals surface area contributed by atoms with Gasteiger partial charge in [-0.25, -0.2) is 4.98 Å². The van der Waals surface area contributed by atoms with Crippen LogP contribution in [0.25, 0.3) is 0 Å². The van der Waals surface area contributed by atoms with Crippen molar-refractivity contribution in [3.63, 3.8) is 0 Å². The lowest BCUT2D eigenvalue weighted by atomic mass is 9.95. The fourth-order valence-corrected chi connectivity index (χ4v) is 3.46. The van der Waals surface area contributed by atoms with E-state index in [1.54, 1.807) is 10.9 Å². The first-order chi connectivity index (χ1) is 10.6. The standard InChI is InChI=1S/C16H24N4O2/c1-11-12(2)18-10-20(16(11)22)9-13-4-7-19(8-5-13)14-3-6-17-15(14)21/h10,13-14H,3-9H2,1-2H3,(H,17,21). The molecule has 1 amide bonds. The minimum atomic E-state index is 0.0620. The van der Waals surface area contributed by atoms with Gasteiger partial charge in [0, 0.05) is 24.3 Å². The first-order valence-corrected chi connectivity index (χ1v) is 8.10. The van der Waals surface area contributed by atoms with Gasteiger partial charge in [-0.15, -0.1) is 0 Å². The Morgan fingerprint density at radius 3 is 2.59 bits per heavy atom. The SMILES string of the molecule is Cc1ncn(CC2CCN(C3CCNC3=O)CC2)c(=O)c1C. The number of nitrogens with zero attached hydrogens (tertiary/aromatic N) is 3. The van der Waals surface area contributed by atoms with E-state index in [-0.39, 0.29) is 17.5 Å². The van der Waals surface area contributed by atoms with Gasteiger partial charge in [-0.3, -0.25) is 19.1 Å². The summed E-state index contributed by atoms with van der Waals surface area (Å²) in [6.45, 7) is 7.12. The topological polar surface area (TPSA) is 67.2 Å². The third-order valence-corrected chi connectivity index (χ3v) is 5.08. The zero-order valence-corrected chi connectivity index (χ0v) is 13.3. The quantitative estimate of drug-likeness (QED) is 0.881. The fraction of sp³-hybridized carbons (Fsp3) is 0.688. The molecule has 0 spiro atoms. The zero-order chi connectivity index (χ0) is 15.7. The molecule has 22 heavy (non-hydrogen) atoms. The summed E-state index contributed by atoms with van der Waals surface area (Å²) in [4.78, 5) is 30.6. The predicted octanol–water partition coefficient (Wildman–Crippen LogP) is 0.461. The summed E-state index contributed by atoms with van der Waals surface area (Å²) in [5, 5.41) is 2.90. The van der Waals surface area contributed by atoms with Crippen molar-refractivity contribution in [1.82, 2.24) is 19.8 Å². The summed E-state index contributed by atoms with van der Waals surface area (Å²) in [7, 11) is 0. The van der Waals surface area contributed by atoms with E-state index in [0.29, 0.717) is 5.92 Å². The smallest absolute Gasteiger partial charge is 0.256 e. The molecular formula is C16H24N4O2. The van der Waals surface area contributed by atoms with E-state index in [0.717, 1.165) is 56.7 Å². The van der Waals surface area contributed by atoms with Crippen LogP contribution in [0.3, 0.4) is 0 Å². The molecule has 1 atom stereocenters. The molecule has 2 aliphatic rings. The molecule has 6 heteroatoms. The first-order valence-electron chi connectivity index (χ1n) is 8.10. The molecule has 3 heterocycles. The van der Waals surface area contributed by atoms with E-state index in [4.69, 9.17) is 0 Å². The highest BCUT2D eigenvalue weighted by Gasteiger charge is 2.32. The Balaban J connectivity index is 1.59. The molecule has 6 nitrogen and oxygen atoms in total. The molecule has 2 saturated heterocycles. The largest absolute Gasteiger partial charge is 0.355 e. The van der Waals surface area contributed by atoms with Gasteiger partial charge in [-0.05, 0) is 52.1 Å². The lowest BCUT2D eigenvalue weighted by molar-refractivity contribution is -0.124. The van der Waals surface area contributed by atoms with Gasteiger partial charge >= 0.3 is 0 Å². The molecule has 0 radical (unpaired) electrons. The molecule has 3 rings (SSSR count). The van der Waals surface area contributed by atoms with Crippen molar-refractivity contribution in [2.45, 2.75) is 45.7 Å². The second-order valence-corrected chi connectivity index (χ2v) is 6.49. The molecule has 1 unspecified atom stereocenters. The van der Waals surface area contributed by atoms with Crippen LogP contribution in [0, 0.1) is 19.8 Å². The molecule has 1 aromatic heterocycles. The van der Waals surface area contributed by atoms with Crippen LogP contribution in [-0.2, 0) is 11.3 Å². The summed E-state index contributed by atoms with van der Waals surface area (Å²) in [6, 6.07) is 0.0620. The summed E-state index contributed by atoms with van der Waals surface area (Å²) < 4.78 is 1.74. The number of aryl methyl sites for hydroxylation is 1. The number of likely N-dealkylation sites (tertiary alicyclic amines) is 1. The van der Waals surface area contributed by atoms with Crippen LogP contribution in [0.2, 0.25) is 0 Å². The Morgan fingerprint density at radius 2 is 1.95 bits per heavy atom. The molecule has 0 saturated carbocycles. The van der Waals surface area contributed by atoms with Gasteiger partial charge in [0.05, 0.1) is 12.4 Å². The van der Waals surface area contributed by atoms with Crippen LogP contribution >= 0.6 is 0 Å². The van der Waals surface area contributed by atoms with Crippen molar-refractivity contribution in [3.05, 3.63) is 27.9 Å². The van der Waals surface area contributed by atoms with Crippen LogP contribution in [-0.4, -0.2) is 46.0 Å². The average molecular weight is 304 g/mol. The number of piperidine rings is 1. The van der Waals surface area contributed by atoms with E-state index < -0.39 is 0 Å². The highest BCUT2D eigenvalue weighted by Crippen LogP contribution is 2.22. The van der Waals surface area contributed by atoms with Crippen molar-refractivity contribution in [2.75, 3.05) is 19.6 Å². The number of carbonyl (C=O) groups is 1. The average Bonchev–Trinajstić information content (AvgIpc) is 2.95. The molecule has 2 aliphatic heterocycles. The van der Waals surface area contributed by atoms with Gasteiger partial charge in [0.2, 0.25) is 5.91 Å². The Morgan fingerprint density at radius 1 is 1.23 bits per heavy atom. The van der Waals surface area contributed by atoms with E-state index in [1.165, 1.54) is 0 Å². The van der Waals surface area contributed by atoms with Gasteiger partial charge in [0.25, 0.3) is 5.56 Å². The lowest BCUT2D eigenvalue weighted by Gasteiger charge is -2.34. The van der Waals surface area contributed by atoms with Crippen LogP contribution in [0.4, 0.5) is 0 Å². The molecule has 2 fully saturated rings. The number of hydrogen-bond acceptors (Lipinski definition) is 4. The van der Waals surface area contributed by atoms with Crippen molar-refractivity contribution in [3.8, 4) is 0 Å². The van der Waals surface area contributed by atoms with Gasteiger partial charge in [-0.2, -0.15) is 0 Å². The Labute approximate surface area is 130 Å². The number of carbonyl (C=O) groups excluding carboxylic acids is 1. The summed E-state index contributed by atoms with van der Waals surface area (Å²) in [6.07, 6.45) is 4.65. The maximum atomic E-state index is 12.2. The Hall–Kier alpha value is -1.69. The van der Waals surface area contributed by atoms with Crippen LogP contribution in [0.5, 0.6) is 0 Å². The maximum Gasteiger partial charge on any atom is 0.256 e. The zero-order valence-electron chi connectivity index (χ0n) is 13.3. The number of aromatic nitrogens is 2. The van der Waals surface area contributed by atoms with Gasteiger partial charge in [0.1, 0.15) is 0 Å². The van der Waals surface area contributed by atoms with Crippen molar-refractivity contribution in [2.24, 2.45) is 5.92 Å². The molecule has 1 aromatic rings. The Bertz CT molecular complexity index is 617. The Kier molecular flexibility index (Phi) is 4.29. The summed E-state index contributed by atoms with van der Waals surface area (Å²) in [5.74, 6) is 0.662. The molecular weight excluding hydrogens is 280 g/mol. The van der Waals surface area contributed by atoms with Crippen LogP contribution < -0.4 is 10.9 Å². The highest BCUT2D eigenvalue weighted by molar-refractivity contribution is 5.83. The third kappa shape index (κ3) is 2.92. The predicted molar refractivity (Wildman–Crippen MR) is 83.7 cm³/mol. The third-order valence-electron chi connectivity index (χ3n) is 5.08. The molecule has 0 bridgehead atoms. The molecule has 120 valence electrons. The monoisotopic (exact) mass is 304 g/mol. The minimum absolute atomic E-state index is 0.0620. The second kappa shape index (κ2) is 6.20. The molecule has 1 N–H and O–H groups in total. The van der Waals surface area contributed by atoms with E-state index >= 15 is 0 Å². The second-order valence-electron chi connectivity index (χ2n) is 6.49. The minimum Gasteiger partial charge on any atom is -0.355 e. The van der Waals surface area contributed by atoms with Crippen molar-refractivity contribution >= 4 is 5.91 Å².